The fourth-order valence-electron chi connectivity index (χ4n) is 1.45. The summed E-state index contributed by atoms with van der Waals surface area (Å²) in [6.07, 6.45) is 2.25. The number of carbonyl (C=O) groups is 1. The third-order valence-electron chi connectivity index (χ3n) is 2.44. The van der Waals surface area contributed by atoms with Crippen molar-refractivity contribution in [2.24, 2.45) is 0 Å². The smallest absolute Gasteiger partial charge is 0.407 e. The molecule has 2 aromatic rings. The Labute approximate surface area is 129 Å². The molecular formula is C12H11N5O2S2. The number of thioether (sulfide) groups is 1. The molecule has 0 fully saturated rings. The van der Waals surface area contributed by atoms with E-state index in [0.717, 1.165) is 21.5 Å². The van der Waals surface area contributed by atoms with Gasteiger partial charge in [-0.05, 0) is 11.6 Å². The van der Waals surface area contributed by atoms with Gasteiger partial charge in [0, 0.05) is 25.0 Å². The molecule has 21 heavy (non-hydrogen) atoms. The summed E-state index contributed by atoms with van der Waals surface area (Å²) in [5, 5.41) is 23.0. The standard InChI is InChI=1S/C12H11N5O2S2/c1-17(12(18)19)6-8-2-3-9(14-4-8)16-11-15-5-10(21-11)20-7-13/h2-5H,6H2,1H3,(H,18,19)(H,14,15,16). The molecule has 0 aliphatic heterocycles. The molecule has 0 radical (unpaired) electrons. The topological polar surface area (TPSA) is 102 Å². The number of nitrogens with one attached hydrogen (secondary N) is 1. The highest BCUT2D eigenvalue weighted by Gasteiger charge is 2.07. The number of amides is 1. The van der Waals surface area contributed by atoms with Gasteiger partial charge in [-0.1, -0.05) is 17.4 Å². The van der Waals surface area contributed by atoms with Gasteiger partial charge in [-0.3, -0.25) is 0 Å². The van der Waals surface area contributed by atoms with Crippen LogP contribution >= 0.6 is 23.1 Å². The van der Waals surface area contributed by atoms with Gasteiger partial charge in [0.2, 0.25) is 0 Å². The van der Waals surface area contributed by atoms with Crippen molar-refractivity contribution in [1.29, 1.82) is 5.26 Å². The average Bonchev–Trinajstić information content (AvgIpc) is 2.88. The molecule has 0 saturated carbocycles. The van der Waals surface area contributed by atoms with Crippen LogP contribution in [0.4, 0.5) is 15.7 Å². The number of pyridine rings is 1. The summed E-state index contributed by atoms with van der Waals surface area (Å²) in [6.45, 7) is 0.281. The molecule has 2 rings (SSSR count). The largest absolute Gasteiger partial charge is 0.465 e. The van der Waals surface area contributed by atoms with Crippen LogP contribution in [0.2, 0.25) is 0 Å². The minimum Gasteiger partial charge on any atom is -0.465 e. The van der Waals surface area contributed by atoms with E-state index in [1.165, 1.54) is 23.3 Å². The summed E-state index contributed by atoms with van der Waals surface area (Å²) in [4.78, 5) is 20.2. The second kappa shape index (κ2) is 6.92. The zero-order chi connectivity index (χ0) is 15.2. The molecule has 0 saturated heterocycles. The van der Waals surface area contributed by atoms with Crippen LogP contribution in [0.5, 0.6) is 0 Å². The van der Waals surface area contributed by atoms with E-state index in [1.54, 1.807) is 24.5 Å². The van der Waals surface area contributed by atoms with Crippen LogP contribution in [-0.4, -0.2) is 33.1 Å². The molecular weight excluding hydrogens is 310 g/mol. The highest BCUT2D eigenvalue weighted by Crippen LogP contribution is 2.28. The molecule has 108 valence electrons. The SMILES string of the molecule is CN(Cc1ccc(Nc2ncc(SC#N)s2)nc1)C(=O)O. The first-order valence-electron chi connectivity index (χ1n) is 5.76. The second-order valence-corrected chi connectivity index (χ2v) is 6.11. The normalized spacial score (nSPS) is 9.90. The van der Waals surface area contributed by atoms with Gasteiger partial charge in [0.25, 0.3) is 0 Å². The number of anilines is 2. The van der Waals surface area contributed by atoms with Crippen LogP contribution in [-0.2, 0) is 6.54 Å². The van der Waals surface area contributed by atoms with Gasteiger partial charge in [0.1, 0.15) is 11.2 Å². The number of thiazole rings is 1. The quantitative estimate of drug-likeness (QED) is 0.644. The monoisotopic (exact) mass is 321 g/mol. The molecule has 0 unspecified atom stereocenters. The first-order valence-corrected chi connectivity index (χ1v) is 7.39. The number of thiocyanates is 1. The number of hydrogen-bond donors (Lipinski definition) is 2. The minimum absolute atomic E-state index is 0.281. The van der Waals surface area contributed by atoms with Crippen LogP contribution in [0.1, 0.15) is 5.56 Å². The molecule has 0 spiro atoms. The van der Waals surface area contributed by atoms with E-state index in [4.69, 9.17) is 10.4 Å². The summed E-state index contributed by atoms with van der Waals surface area (Å²) in [6, 6.07) is 3.55. The summed E-state index contributed by atoms with van der Waals surface area (Å²) in [5.41, 5.74) is 0.797. The Morgan fingerprint density at radius 2 is 2.33 bits per heavy atom. The van der Waals surface area contributed by atoms with Crippen molar-refractivity contribution in [3.8, 4) is 5.40 Å². The Morgan fingerprint density at radius 3 is 2.95 bits per heavy atom. The zero-order valence-corrected chi connectivity index (χ0v) is 12.6. The minimum atomic E-state index is -0.984. The van der Waals surface area contributed by atoms with Crippen molar-refractivity contribution < 1.29 is 9.90 Å². The zero-order valence-electron chi connectivity index (χ0n) is 11.0. The third-order valence-corrected chi connectivity index (χ3v) is 4.04. The molecule has 7 nitrogen and oxygen atoms in total. The molecule has 2 aromatic heterocycles. The Hall–Kier alpha value is -2.31. The molecule has 0 atom stereocenters. The van der Waals surface area contributed by atoms with E-state index in [0.29, 0.717) is 10.9 Å². The van der Waals surface area contributed by atoms with Crippen LogP contribution in [0.25, 0.3) is 0 Å². The van der Waals surface area contributed by atoms with Gasteiger partial charge in [0.15, 0.2) is 5.13 Å². The van der Waals surface area contributed by atoms with E-state index in [2.05, 4.69) is 15.3 Å². The Kier molecular flexibility index (Phi) is 4.97. The van der Waals surface area contributed by atoms with E-state index in [-0.39, 0.29) is 6.54 Å². The summed E-state index contributed by atoms with van der Waals surface area (Å²) in [7, 11) is 1.50. The number of rotatable bonds is 5. The maximum Gasteiger partial charge on any atom is 0.407 e. The van der Waals surface area contributed by atoms with Crippen LogP contribution in [0.3, 0.4) is 0 Å². The first-order chi connectivity index (χ1) is 10.1. The number of nitrogens with zero attached hydrogens (tertiary/aromatic N) is 4. The lowest BCUT2D eigenvalue weighted by Crippen LogP contribution is -2.23. The van der Waals surface area contributed by atoms with E-state index >= 15 is 0 Å². The van der Waals surface area contributed by atoms with Crippen molar-refractivity contribution in [2.75, 3.05) is 12.4 Å². The molecule has 9 heteroatoms. The lowest BCUT2D eigenvalue weighted by atomic mass is 10.2. The van der Waals surface area contributed by atoms with Crippen molar-refractivity contribution in [3.63, 3.8) is 0 Å². The first kappa shape index (κ1) is 15.1. The van der Waals surface area contributed by atoms with Gasteiger partial charge in [-0.2, -0.15) is 5.26 Å². The van der Waals surface area contributed by atoms with Crippen LogP contribution in [0, 0.1) is 10.7 Å². The van der Waals surface area contributed by atoms with Gasteiger partial charge < -0.3 is 15.3 Å². The van der Waals surface area contributed by atoms with Crippen LogP contribution in [0.15, 0.2) is 28.7 Å². The van der Waals surface area contributed by atoms with Crippen molar-refractivity contribution in [1.82, 2.24) is 14.9 Å². The molecule has 0 bridgehead atoms. The second-order valence-electron chi connectivity index (χ2n) is 3.99. The van der Waals surface area contributed by atoms with Crippen molar-refractivity contribution in [3.05, 3.63) is 30.1 Å². The molecule has 2 heterocycles. The van der Waals surface area contributed by atoms with Crippen molar-refractivity contribution >= 4 is 40.1 Å². The van der Waals surface area contributed by atoms with E-state index < -0.39 is 6.09 Å². The predicted octanol–water partition coefficient (Wildman–Crippen LogP) is 2.96. The maximum absolute atomic E-state index is 10.7. The number of nitriles is 1. The van der Waals surface area contributed by atoms with Crippen molar-refractivity contribution in [2.45, 2.75) is 10.8 Å². The van der Waals surface area contributed by atoms with Gasteiger partial charge in [-0.15, -0.1) is 0 Å². The molecule has 1 amide bonds. The van der Waals surface area contributed by atoms with Gasteiger partial charge >= 0.3 is 6.09 Å². The van der Waals surface area contributed by atoms with Gasteiger partial charge in [-0.25, -0.2) is 14.8 Å². The molecule has 0 aromatic carbocycles. The van der Waals surface area contributed by atoms with E-state index in [9.17, 15) is 4.79 Å². The number of carboxylic acid groups (broad SMARTS) is 1. The Balaban J connectivity index is 1.98. The maximum atomic E-state index is 10.7. The Morgan fingerprint density at radius 1 is 1.52 bits per heavy atom. The van der Waals surface area contributed by atoms with Crippen LogP contribution < -0.4 is 5.32 Å². The highest BCUT2D eigenvalue weighted by atomic mass is 32.2. The lowest BCUT2D eigenvalue weighted by molar-refractivity contribution is 0.153. The molecule has 0 aliphatic carbocycles. The predicted molar refractivity (Wildman–Crippen MR) is 80.6 cm³/mol. The summed E-state index contributed by atoms with van der Waals surface area (Å²) in [5.74, 6) is 0.611. The average molecular weight is 321 g/mol. The summed E-state index contributed by atoms with van der Waals surface area (Å²) < 4.78 is 0.805. The summed E-state index contributed by atoms with van der Waals surface area (Å²) >= 11 is 2.42. The third kappa shape index (κ3) is 4.34. The lowest BCUT2D eigenvalue weighted by Gasteiger charge is -2.12. The molecule has 2 N–H and O–H groups in total. The fourth-order valence-corrected chi connectivity index (χ4v) is 2.72. The van der Waals surface area contributed by atoms with Gasteiger partial charge in [0.05, 0.1) is 17.0 Å². The fraction of sp³-hybridized carbons (Fsp3) is 0.167. The molecule has 0 aliphatic rings. The Bertz CT molecular complexity index is 665. The number of aromatic nitrogens is 2. The number of hydrogen-bond acceptors (Lipinski definition) is 7. The van der Waals surface area contributed by atoms with E-state index in [1.807, 2.05) is 5.40 Å². The highest BCUT2D eigenvalue weighted by molar-refractivity contribution is 8.05.